The second-order valence-electron chi connectivity index (χ2n) is 4.28. The summed E-state index contributed by atoms with van der Waals surface area (Å²) in [5.74, 6) is 1.04. The second-order valence-corrected chi connectivity index (χ2v) is 4.28. The van der Waals surface area contributed by atoms with Gasteiger partial charge in [0.15, 0.2) is 0 Å². The van der Waals surface area contributed by atoms with Crippen LogP contribution in [-0.2, 0) is 13.1 Å². The molecule has 0 atom stereocenters. The smallest absolute Gasteiger partial charge is 0.224 e. The zero-order valence-electron chi connectivity index (χ0n) is 11.9. The molecule has 6 heteroatoms. The molecular weight excluding hydrogens is 256 g/mol. The Morgan fingerprint density at radius 2 is 1.80 bits per heavy atom. The van der Waals surface area contributed by atoms with E-state index in [0.717, 1.165) is 11.1 Å². The van der Waals surface area contributed by atoms with E-state index < -0.39 is 0 Å². The summed E-state index contributed by atoms with van der Waals surface area (Å²) in [6, 6.07) is 1.99. The maximum Gasteiger partial charge on any atom is 0.224 e. The van der Waals surface area contributed by atoms with E-state index in [9.17, 15) is 0 Å². The molecule has 0 radical (unpaired) electrons. The molecular formula is C14H18N4O2. The standard InChI is InChI=1S/C14H18N4O2/c1-10-4-5-15-6-11(10)7-16-8-12-13(19-2)17-9-18-14(12)20-3/h4-6,9,16H,7-8H2,1-3H3. The van der Waals surface area contributed by atoms with Crippen LogP contribution in [0.4, 0.5) is 0 Å². The molecule has 0 aliphatic rings. The molecule has 0 bridgehead atoms. The van der Waals surface area contributed by atoms with Crippen molar-refractivity contribution in [1.82, 2.24) is 20.3 Å². The third-order valence-electron chi connectivity index (χ3n) is 3.02. The average Bonchev–Trinajstić information content (AvgIpc) is 2.49. The lowest BCUT2D eigenvalue weighted by atomic mass is 10.1. The van der Waals surface area contributed by atoms with Gasteiger partial charge in [0, 0.05) is 25.5 Å². The van der Waals surface area contributed by atoms with Crippen molar-refractivity contribution in [2.45, 2.75) is 20.0 Å². The third kappa shape index (κ3) is 3.21. The van der Waals surface area contributed by atoms with Crippen LogP contribution < -0.4 is 14.8 Å². The predicted molar refractivity (Wildman–Crippen MR) is 74.7 cm³/mol. The van der Waals surface area contributed by atoms with Crippen LogP contribution in [0.1, 0.15) is 16.7 Å². The van der Waals surface area contributed by atoms with Crippen molar-refractivity contribution in [1.29, 1.82) is 0 Å². The summed E-state index contributed by atoms with van der Waals surface area (Å²) in [7, 11) is 3.16. The molecule has 0 fully saturated rings. The largest absolute Gasteiger partial charge is 0.481 e. The quantitative estimate of drug-likeness (QED) is 0.860. The molecule has 2 heterocycles. The van der Waals surface area contributed by atoms with Crippen LogP contribution in [0.3, 0.4) is 0 Å². The van der Waals surface area contributed by atoms with E-state index in [4.69, 9.17) is 9.47 Å². The Morgan fingerprint density at radius 3 is 2.40 bits per heavy atom. The van der Waals surface area contributed by atoms with Gasteiger partial charge in [-0.2, -0.15) is 0 Å². The van der Waals surface area contributed by atoms with Crippen LogP contribution in [0, 0.1) is 6.92 Å². The lowest BCUT2D eigenvalue weighted by Crippen LogP contribution is -2.16. The summed E-state index contributed by atoms with van der Waals surface area (Å²) in [6.07, 6.45) is 5.07. The highest BCUT2D eigenvalue weighted by Gasteiger charge is 2.12. The lowest BCUT2D eigenvalue weighted by Gasteiger charge is -2.12. The van der Waals surface area contributed by atoms with Gasteiger partial charge in [0.2, 0.25) is 11.8 Å². The predicted octanol–water partition coefficient (Wildman–Crippen LogP) is 1.49. The molecule has 0 aliphatic heterocycles. The molecule has 0 aliphatic carbocycles. The molecule has 0 spiro atoms. The number of nitrogens with one attached hydrogen (secondary N) is 1. The molecule has 2 rings (SSSR count). The number of rotatable bonds is 6. The van der Waals surface area contributed by atoms with Crippen molar-refractivity contribution in [2.24, 2.45) is 0 Å². The molecule has 0 amide bonds. The first kappa shape index (κ1) is 14.2. The number of hydrogen-bond donors (Lipinski definition) is 1. The van der Waals surface area contributed by atoms with Crippen LogP contribution in [0.2, 0.25) is 0 Å². The SMILES string of the molecule is COc1ncnc(OC)c1CNCc1cnccc1C. The van der Waals surface area contributed by atoms with Crippen molar-refractivity contribution >= 4 is 0 Å². The van der Waals surface area contributed by atoms with Crippen LogP contribution in [0.15, 0.2) is 24.8 Å². The maximum atomic E-state index is 5.23. The number of aryl methyl sites for hydroxylation is 1. The molecule has 20 heavy (non-hydrogen) atoms. The highest BCUT2D eigenvalue weighted by molar-refractivity contribution is 5.34. The molecule has 0 saturated carbocycles. The highest BCUT2D eigenvalue weighted by Crippen LogP contribution is 2.23. The topological polar surface area (TPSA) is 69.2 Å². The van der Waals surface area contributed by atoms with Crippen LogP contribution in [-0.4, -0.2) is 29.2 Å². The minimum atomic E-state index is 0.521. The third-order valence-corrected chi connectivity index (χ3v) is 3.02. The Labute approximate surface area is 118 Å². The summed E-state index contributed by atoms with van der Waals surface area (Å²) in [4.78, 5) is 12.3. The summed E-state index contributed by atoms with van der Waals surface area (Å²) in [5.41, 5.74) is 3.16. The molecule has 1 N–H and O–H groups in total. The van der Waals surface area contributed by atoms with E-state index in [2.05, 4.69) is 27.2 Å². The molecule has 106 valence electrons. The number of aromatic nitrogens is 3. The van der Waals surface area contributed by atoms with E-state index in [-0.39, 0.29) is 0 Å². The number of hydrogen-bond acceptors (Lipinski definition) is 6. The molecule has 0 unspecified atom stereocenters. The fourth-order valence-corrected chi connectivity index (χ4v) is 1.89. The first-order valence-electron chi connectivity index (χ1n) is 6.28. The van der Waals surface area contributed by atoms with Crippen molar-refractivity contribution < 1.29 is 9.47 Å². The van der Waals surface area contributed by atoms with Gasteiger partial charge in [0.05, 0.1) is 19.8 Å². The Morgan fingerprint density at radius 1 is 1.10 bits per heavy atom. The number of methoxy groups -OCH3 is 2. The van der Waals surface area contributed by atoms with Crippen LogP contribution >= 0.6 is 0 Å². The Balaban J connectivity index is 2.06. The van der Waals surface area contributed by atoms with E-state index >= 15 is 0 Å². The number of nitrogens with zero attached hydrogens (tertiary/aromatic N) is 3. The molecule has 0 saturated heterocycles. The monoisotopic (exact) mass is 274 g/mol. The zero-order valence-corrected chi connectivity index (χ0v) is 11.9. The summed E-state index contributed by atoms with van der Waals surface area (Å²) < 4.78 is 10.5. The lowest BCUT2D eigenvalue weighted by molar-refractivity contribution is 0.359. The molecule has 0 aromatic carbocycles. The Bertz CT molecular complexity index is 553. The van der Waals surface area contributed by atoms with Gasteiger partial charge in [-0.05, 0) is 24.1 Å². The zero-order chi connectivity index (χ0) is 14.4. The maximum absolute atomic E-state index is 5.23. The van der Waals surface area contributed by atoms with Gasteiger partial charge in [-0.3, -0.25) is 4.98 Å². The van der Waals surface area contributed by atoms with E-state index in [0.29, 0.717) is 24.8 Å². The molecule has 2 aromatic heterocycles. The minimum Gasteiger partial charge on any atom is -0.481 e. The highest BCUT2D eigenvalue weighted by atomic mass is 16.5. The van der Waals surface area contributed by atoms with Crippen molar-refractivity contribution in [3.05, 3.63) is 41.5 Å². The van der Waals surface area contributed by atoms with E-state index in [1.54, 1.807) is 20.4 Å². The van der Waals surface area contributed by atoms with E-state index in [1.165, 1.54) is 11.9 Å². The van der Waals surface area contributed by atoms with Gasteiger partial charge >= 0.3 is 0 Å². The minimum absolute atomic E-state index is 0.521. The fourth-order valence-electron chi connectivity index (χ4n) is 1.89. The first-order valence-corrected chi connectivity index (χ1v) is 6.28. The Hall–Kier alpha value is -2.21. The van der Waals surface area contributed by atoms with Crippen molar-refractivity contribution in [2.75, 3.05) is 14.2 Å². The van der Waals surface area contributed by atoms with Gasteiger partial charge in [0.25, 0.3) is 0 Å². The van der Waals surface area contributed by atoms with Crippen molar-refractivity contribution in [3.8, 4) is 11.8 Å². The number of ether oxygens (including phenoxy) is 2. The average molecular weight is 274 g/mol. The summed E-state index contributed by atoms with van der Waals surface area (Å²) in [6.45, 7) is 3.33. The first-order chi connectivity index (χ1) is 9.76. The number of pyridine rings is 1. The van der Waals surface area contributed by atoms with Gasteiger partial charge in [-0.15, -0.1) is 0 Å². The van der Waals surface area contributed by atoms with Crippen LogP contribution in [0.5, 0.6) is 11.8 Å². The summed E-state index contributed by atoms with van der Waals surface area (Å²) >= 11 is 0. The van der Waals surface area contributed by atoms with Gasteiger partial charge < -0.3 is 14.8 Å². The van der Waals surface area contributed by atoms with E-state index in [1.807, 2.05) is 12.3 Å². The van der Waals surface area contributed by atoms with Gasteiger partial charge in [-0.25, -0.2) is 9.97 Å². The van der Waals surface area contributed by atoms with Crippen molar-refractivity contribution in [3.63, 3.8) is 0 Å². The van der Waals surface area contributed by atoms with Gasteiger partial charge in [0.1, 0.15) is 6.33 Å². The normalized spacial score (nSPS) is 10.3. The molecule has 2 aromatic rings. The second kappa shape index (κ2) is 6.81. The summed E-state index contributed by atoms with van der Waals surface area (Å²) in [5, 5.41) is 3.33. The molecule has 6 nitrogen and oxygen atoms in total. The van der Waals surface area contributed by atoms with Crippen LogP contribution in [0.25, 0.3) is 0 Å². The van der Waals surface area contributed by atoms with Gasteiger partial charge in [-0.1, -0.05) is 0 Å². The Kier molecular flexibility index (Phi) is 4.84. The fraction of sp³-hybridized carbons (Fsp3) is 0.357.